The number of ketones is 1. The van der Waals surface area contributed by atoms with Crippen LogP contribution in [0.5, 0.6) is 0 Å². The Bertz CT molecular complexity index is 588. The number of fused-ring (bicyclic) bond motifs is 2. The second-order valence-corrected chi connectivity index (χ2v) is 6.53. The zero-order valence-electron chi connectivity index (χ0n) is 12.8. The van der Waals surface area contributed by atoms with Crippen LogP contribution in [0.4, 0.5) is 0 Å². The van der Waals surface area contributed by atoms with Gasteiger partial charge in [-0.25, -0.2) is 0 Å². The highest BCUT2D eigenvalue weighted by molar-refractivity contribution is 5.99. The van der Waals surface area contributed by atoms with Crippen LogP contribution in [0.3, 0.4) is 0 Å². The van der Waals surface area contributed by atoms with Gasteiger partial charge in [0.15, 0.2) is 5.78 Å². The third-order valence-electron chi connectivity index (χ3n) is 5.43. The van der Waals surface area contributed by atoms with E-state index >= 15 is 0 Å². The Morgan fingerprint density at radius 2 is 1.95 bits per heavy atom. The van der Waals surface area contributed by atoms with Crippen LogP contribution in [0.25, 0.3) is 0 Å². The summed E-state index contributed by atoms with van der Waals surface area (Å²) in [6, 6.07) is 8.80. The average molecular weight is 282 g/mol. The number of piperidine rings is 2. The minimum atomic E-state index is 0.129. The van der Waals surface area contributed by atoms with Gasteiger partial charge in [0, 0.05) is 23.6 Å². The number of nitrogens with zero attached hydrogens (tertiary/aromatic N) is 2. The molecule has 2 bridgehead atoms. The molecule has 2 heterocycles. The van der Waals surface area contributed by atoms with Crippen molar-refractivity contribution in [2.75, 3.05) is 7.05 Å². The van der Waals surface area contributed by atoms with Gasteiger partial charge in [0.1, 0.15) is 0 Å². The van der Waals surface area contributed by atoms with Gasteiger partial charge in [0.25, 0.3) is 0 Å². The molecule has 2 aliphatic heterocycles. The van der Waals surface area contributed by atoms with Gasteiger partial charge in [-0.3, -0.25) is 4.79 Å². The number of Topliss-reactive ketones (excluding diaryl/α,β-unsaturated/α-hetero) is 1. The summed E-state index contributed by atoms with van der Waals surface area (Å²) in [7, 11) is 2.21. The van der Waals surface area contributed by atoms with Crippen molar-refractivity contribution in [3.63, 3.8) is 0 Å². The molecule has 2 atom stereocenters. The molecule has 0 amide bonds. The number of nitriles is 1. The van der Waals surface area contributed by atoms with Crippen molar-refractivity contribution in [3.05, 3.63) is 34.9 Å². The average Bonchev–Trinajstić information content (AvgIpc) is 2.46. The van der Waals surface area contributed by atoms with Crippen molar-refractivity contribution in [1.29, 1.82) is 5.26 Å². The molecule has 2 saturated heterocycles. The van der Waals surface area contributed by atoms with Crippen LogP contribution in [0, 0.1) is 24.2 Å². The molecule has 0 aromatic heterocycles. The second kappa shape index (κ2) is 5.61. The fourth-order valence-corrected chi connectivity index (χ4v) is 4.07. The summed E-state index contributed by atoms with van der Waals surface area (Å²) < 4.78 is 0. The van der Waals surface area contributed by atoms with Gasteiger partial charge in [0.05, 0.1) is 11.6 Å². The van der Waals surface area contributed by atoms with Crippen molar-refractivity contribution in [1.82, 2.24) is 4.90 Å². The van der Waals surface area contributed by atoms with E-state index in [1.165, 1.54) is 19.3 Å². The molecule has 3 heteroatoms. The Kier molecular flexibility index (Phi) is 3.82. The Morgan fingerprint density at radius 3 is 2.57 bits per heavy atom. The van der Waals surface area contributed by atoms with Gasteiger partial charge in [-0.15, -0.1) is 0 Å². The van der Waals surface area contributed by atoms with Gasteiger partial charge >= 0.3 is 0 Å². The summed E-state index contributed by atoms with van der Waals surface area (Å²) in [6.07, 6.45) is 5.68. The topological polar surface area (TPSA) is 44.1 Å². The van der Waals surface area contributed by atoms with E-state index in [-0.39, 0.29) is 11.7 Å². The summed E-state index contributed by atoms with van der Waals surface area (Å²) in [5.74, 6) is 0.374. The second-order valence-electron chi connectivity index (χ2n) is 6.53. The molecular formula is C18H22N2O. The van der Waals surface area contributed by atoms with E-state index in [0.29, 0.717) is 17.6 Å². The highest BCUT2D eigenvalue weighted by Gasteiger charge is 2.39. The standard InChI is InChI=1S/C18H22N2O/c1-12-13(11-19)5-3-8-17(12)18(21)14-9-15-6-4-7-16(10-14)20(15)2/h3,5,8,14-16H,4,6-7,9-10H2,1-2H3. The molecule has 0 saturated carbocycles. The van der Waals surface area contributed by atoms with Crippen LogP contribution in [0.1, 0.15) is 53.6 Å². The lowest BCUT2D eigenvalue weighted by atomic mass is 9.75. The summed E-state index contributed by atoms with van der Waals surface area (Å²) in [5.41, 5.74) is 2.21. The van der Waals surface area contributed by atoms with Crippen LogP contribution in [0.2, 0.25) is 0 Å². The Morgan fingerprint density at radius 1 is 1.29 bits per heavy atom. The zero-order chi connectivity index (χ0) is 15.0. The summed E-state index contributed by atoms with van der Waals surface area (Å²) in [4.78, 5) is 15.4. The predicted molar refractivity (Wildman–Crippen MR) is 82.1 cm³/mol. The SMILES string of the molecule is Cc1c(C#N)cccc1C(=O)C1CC2CCCC(C1)N2C. The minimum Gasteiger partial charge on any atom is -0.300 e. The summed E-state index contributed by atoms with van der Waals surface area (Å²) in [5, 5.41) is 9.13. The molecule has 21 heavy (non-hydrogen) atoms. The number of hydrogen-bond acceptors (Lipinski definition) is 3. The molecule has 0 radical (unpaired) electrons. The maximum atomic E-state index is 12.9. The van der Waals surface area contributed by atoms with Crippen molar-refractivity contribution in [2.45, 2.75) is 51.1 Å². The van der Waals surface area contributed by atoms with Crippen molar-refractivity contribution >= 4 is 5.78 Å². The van der Waals surface area contributed by atoms with Gasteiger partial charge in [-0.05, 0) is 51.3 Å². The van der Waals surface area contributed by atoms with E-state index in [1.54, 1.807) is 6.07 Å². The lowest BCUT2D eigenvalue weighted by Gasteiger charge is -2.46. The van der Waals surface area contributed by atoms with Crippen molar-refractivity contribution < 1.29 is 4.79 Å². The largest absolute Gasteiger partial charge is 0.300 e. The fraction of sp³-hybridized carbons (Fsp3) is 0.556. The van der Waals surface area contributed by atoms with E-state index < -0.39 is 0 Å². The summed E-state index contributed by atoms with van der Waals surface area (Å²) in [6.45, 7) is 1.89. The number of carbonyl (C=O) groups excluding carboxylic acids is 1. The minimum absolute atomic E-state index is 0.129. The number of hydrogen-bond donors (Lipinski definition) is 0. The highest BCUT2D eigenvalue weighted by Crippen LogP contribution is 2.37. The number of rotatable bonds is 2. The van der Waals surface area contributed by atoms with Crippen molar-refractivity contribution in [2.24, 2.45) is 5.92 Å². The number of benzene rings is 1. The quantitative estimate of drug-likeness (QED) is 0.782. The van der Waals surface area contributed by atoms with Crippen LogP contribution in [-0.4, -0.2) is 29.8 Å². The Hall–Kier alpha value is -1.66. The lowest BCUT2D eigenvalue weighted by Crippen LogP contribution is -2.51. The fourth-order valence-electron chi connectivity index (χ4n) is 4.07. The van der Waals surface area contributed by atoms with Gasteiger partial charge in [-0.2, -0.15) is 5.26 Å². The first-order valence-electron chi connectivity index (χ1n) is 7.87. The zero-order valence-corrected chi connectivity index (χ0v) is 12.8. The van der Waals surface area contributed by atoms with Crippen LogP contribution < -0.4 is 0 Å². The molecule has 2 unspecified atom stereocenters. The predicted octanol–water partition coefficient (Wildman–Crippen LogP) is 3.31. The monoisotopic (exact) mass is 282 g/mol. The van der Waals surface area contributed by atoms with Gasteiger partial charge < -0.3 is 4.90 Å². The first-order valence-corrected chi connectivity index (χ1v) is 7.87. The molecule has 3 nitrogen and oxygen atoms in total. The van der Waals surface area contributed by atoms with Gasteiger partial charge in [-0.1, -0.05) is 18.6 Å². The van der Waals surface area contributed by atoms with Gasteiger partial charge in [0.2, 0.25) is 0 Å². The third-order valence-corrected chi connectivity index (χ3v) is 5.43. The molecule has 2 fully saturated rings. The smallest absolute Gasteiger partial charge is 0.166 e. The van der Waals surface area contributed by atoms with E-state index in [1.807, 2.05) is 19.1 Å². The van der Waals surface area contributed by atoms with E-state index in [0.717, 1.165) is 24.0 Å². The molecule has 1 aromatic rings. The normalized spacial score (nSPS) is 28.9. The molecule has 3 rings (SSSR count). The van der Waals surface area contributed by atoms with Crippen LogP contribution >= 0.6 is 0 Å². The third kappa shape index (κ3) is 2.49. The molecule has 110 valence electrons. The molecule has 0 spiro atoms. The van der Waals surface area contributed by atoms with E-state index in [4.69, 9.17) is 5.26 Å². The molecule has 2 aliphatic rings. The molecule has 0 aliphatic carbocycles. The molecular weight excluding hydrogens is 260 g/mol. The first kappa shape index (κ1) is 14.3. The highest BCUT2D eigenvalue weighted by atomic mass is 16.1. The molecule has 0 N–H and O–H groups in total. The maximum absolute atomic E-state index is 12.9. The summed E-state index contributed by atoms with van der Waals surface area (Å²) >= 11 is 0. The lowest BCUT2D eigenvalue weighted by molar-refractivity contribution is 0.0338. The van der Waals surface area contributed by atoms with Crippen molar-refractivity contribution in [3.8, 4) is 6.07 Å². The molecule has 1 aromatic carbocycles. The van der Waals surface area contributed by atoms with E-state index in [2.05, 4.69) is 18.0 Å². The van der Waals surface area contributed by atoms with E-state index in [9.17, 15) is 4.79 Å². The van der Waals surface area contributed by atoms with Crippen LogP contribution in [-0.2, 0) is 0 Å². The first-order chi connectivity index (χ1) is 10.1. The maximum Gasteiger partial charge on any atom is 0.166 e. The van der Waals surface area contributed by atoms with Crippen LogP contribution in [0.15, 0.2) is 18.2 Å². The Labute approximate surface area is 126 Å². The Balaban J connectivity index is 1.85. The number of carbonyl (C=O) groups is 1.